The molecule has 0 fully saturated rings. The van der Waals surface area contributed by atoms with Crippen molar-refractivity contribution in [1.29, 1.82) is 0 Å². The molecule has 0 atom stereocenters. The number of thiazole rings is 1. The lowest BCUT2D eigenvalue weighted by atomic mass is 10.2. The SMILES string of the molecule is CC(=O)c1sc(-c2ccc(OCc3cc(-c4ccco4)on3)cc2)nc1C. The topological polar surface area (TPSA) is 78.4 Å². The Morgan fingerprint density at radius 2 is 2.00 bits per heavy atom. The molecule has 6 nitrogen and oxygen atoms in total. The highest BCUT2D eigenvalue weighted by atomic mass is 32.1. The Hall–Kier alpha value is -3.19. The minimum atomic E-state index is 0.0396. The van der Waals surface area contributed by atoms with Crippen molar-refractivity contribution in [3.63, 3.8) is 0 Å². The summed E-state index contributed by atoms with van der Waals surface area (Å²) in [5, 5.41) is 4.80. The zero-order valence-electron chi connectivity index (χ0n) is 14.8. The third-order valence-corrected chi connectivity index (χ3v) is 5.23. The van der Waals surface area contributed by atoms with Gasteiger partial charge in [-0.2, -0.15) is 0 Å². The lowest BCUT2D eigenvalue weighted by Gasteiger charge is -2.04. The van der Waals surface area contributed by atoms with Gasteiger partial charge in [0.25, 0.3) is 0 Å². The average molecular weight is 380 g/mol. The van der Waals surface area contributed by atoms with Crippen LogP contribution in [0.25, 0.3) is 22.1 Å². The first-order valence-electron chi connectivity index (χ1n) is 8.31. The van der Waals surface area contributed by atoms with E-state index in [0.29, 0.717) is 27.8 Å². The quantitative estimate of drug-likeness (QED) is 0.431. The third kappa shape index (κ3) is 3.68. The first kappa shape index (κ1) is 17.2. The van der Waals surface area contributed by atoms with Crippen LogP contribution in [0.3, 0.4) is 0 Å². The Morgan fingerprint density at radius 1 is 1.19 bits per heavy atom. The Labute approximate surface area is 159 Å². The van der Waals surface area contributed by atoms with Gasteiger partial charge in [-0.1, -0.05) is 5.16 Å². The largest absolute Gasteiger partial charge is 0.487 e. The van der Waals surface area contributed by atoms with Crippen LogP contribution >= 0.6 is 11.3 Å². The van der Waals surface area contributed by atoms with Crippen molar-refractivity contribution in [3.8, 4) is 27.8 Å². The molecular weight excluding hydrogens is 364 g/mol. The number of ketones is 1. The number of aryl methyl sites for hydroxylation is 1. The van der Waals surface area contributed by atoms with Crippen molar-refractivity contribution < 1.29 is 18.5 Å². The summed E-state index contributed by atoms with van der Waals surface area (Å²) in [6.45, 7) is 3.69. The standard InChI is InChI=1S/C20H16N2O4S/c1-12-19(13(2)23)27-20(21-12)14-5-7-16(8-6-14)25-11-15-10-18(26-22-15)17-4-3-9-24-17/h3-10H,11H2,1-2H3. The second-order valence-electron chi connectivity index (χ2n) is 5.96. The van der Waals surface area contributed by atoms with E-state index in [2.05, 4.69) is 10.1 Å². The number of carbonyl (C=O) groups excluding carboxylic acids is 1. The highest BCUT2D eigenvalue weighted by Crippen LogP contribution is 2.29. The van der Waals surface area contributed by atoms with Gasteiger partial charge in [0.1, 0.15) is 23.1 Å². The van der Waals surface area contributed by atoms with Crippen molar-refractivity contribution in [2.24, 2.45) is 0 Å². The number of furan rings is 1. The van der Waals surface area contributed by atoms with Gasteiger partial charge in [0.05, 0.1) is 16.8 Å². The molecule has 0 bridgehead atoms. The zero-order valence-corrected chi connectivity index (χ0v) is 15.6. The smallest absolute Gasteiger partial charge is 0.202 e. The van der Waals surface area contributed by atoms with E-state index in [0.717, 1.165) is 16.3 Å². The van der Waals surface area contributed by atoms with Crippen molar-refractivity contribution in [2.45, 2.75) is 20.5 Å². The molecule has 0 unspecified atom stereocenters. The highest BCUT2D eigenvalue weighted by Gasteiger charge is 2.13. The molecule has 0 amide bonds. The monoisotopic (exact) mass is 380 g/mol. The minimum absolute atomic E-state index is 0.0396. The third-order valence-electron chi connectivity index (χ3n) is 3.93. The molecule has 0 N–H and O–H groups in total. The van der Waals surface area contributed by atoms with Gasteiger partial charge >= 0.3 is 0 Å². The maximum absolute atomic E-state index is 11.6. The van der Waals surface area contributed by atoms with Crippen LogP contribution in [0, 0.1) is 6.92 Å². The number of Topliss-reactive ketones (excluding diaryl/α,β-unsaturated/α-hetero) is 1. The maximum Gasteiger partial charge on any atom is 0.202 e. The number of carbonyl (C=O) groups is 1. The molecule has 0 aliphatic carbocycles. The fraction of sp³-hybridized carbons (Fsp3) is 0.150. The summed E-state index contributed by atoms with van der Waals surface area (Å²) in [5.74, 6) is 1.94. The number of rotatable bonds is 6. The number of hydrogen-bond donors (Lipinski definition) is 0. The van der Waals surface area contributed by atoms with Crippen LogP contribution in [-0.2, 0) is 6.61 Å². The predicted octanol–water partition coefficient (Wildman–Crippen LogP) is 5.15. The molecule has 3 aromatic heterocycles. The van der Waals surface area contributed by atoms with E-state index in [4.69, 9.17) is 13.7 Å². The number of nitrogens with zero attached hydrogens (tertiary/aromatic N) is 2. The van der Waals surface area contributed by atoms with Gasteiger partial charge in [-0.05, 0) is 43.3 Å². The molecule has 0 spiro atoms. The van der Waals surface area contributed by atoms with E-state index in [1.807, 2.05) is 37.3 Å². The molecule has 4 aromatic rings. The average Bonchev–Trinajstić information content (AvgIpc) is 3.40. The number of benzene rings is 1. The molecule has 4 rings (SSSR count). The summed E-state index contributed by atoms with van der Waals surface area (Å²) < 4.78 is 16.3. The van der Waals surface area contributed by atoms with Crippen LogP contribution in [-0.4, -0.2) is 15.9 Å². The Kier molecular flexibility index (Phi) is 4.60. The first-order valence-corrected chi connectivity index (χ1v) is 9.13. The summed E-state index contributed by atoms with van der Waals surface area (Å²) in [5.41, 5.74) is 2.39. The molecule has 0 aliphatic heterocycles. The van der Waals surface area contributed by atoms with Gasteiger partial charge in [0.15, 0.2) is 11.5 Å². The van der Waals surface area contributed by atoms with Crippen LogP contribution < -0.4 is 4.74 Å². The first-order chi connectivity index (χ1) is 13.1. The van der Waals surface area contributed by atoms with Crippen LogP contribution in [0.15, 0.2) is 57.7 Å². The molecule has 7 heteroatoms. The van der Waals surface area contributed by atoms with Gasteiger partial charge in [-0.25, -0.2) is 4.98 Å². The van der Waals surface area contributed by atoms with E-state index in [1.165, 1.54) is 11.3 Å². The van der Waals surface area contributed by atoms with E-state index < -0.39 is 0 Å². The lowest BCUT2D eigenvalue weighted by Crippen LogP contribution is -1.95. The fourth-order valence-electron chi connectivity index (χ4n) is 2.61. The van der Waals surface area contributed by atoms with Crippen LogP contribution in [0.2, 0.25) is 0 Å². The Morgan fingerprint density at radius 3 is 2.67 bits per heavy atom. The summed E-state index contributed by atoms with van der Waals surface area (Å²) in [6.07, 6.45) is 1.58. The van der Waals surface area contributed by atoms with Gasteiger partial charge in [-0.15, -0.1) is 11.3 Å². The van der Waals surface area contributed by atoms with E-state index in [9.17, 15) is 4.79 Å². The number of hydrogen-bond acceptors (Lipinski definition) is 7. The second-order valence-corrected chi connectivity index (χ2v) is 6.96. The van der Waals surface area contributed by atoms with Gasteiger partial charge in [0.2, 0.25) is 5.76 Å². The molecule has 0 aliphatic rings. The van der Waals surface area contributed by atoms with E-state index >= 15 is 0 Å². The molecule has 136 valence electrons. The van der Waals surface area contributed by atoms with Crippen molar-refractivity contribution in [2.75, 3.05) is 0 Å². The molecule has 27 heavy (non-hydrogen) atoms. The normalized spacial score (nSPS) is 10.9. The van der Waals surface area contributed by atoms with E-state index in [-0.39, 0.29) is 12.4 Å². The zero-order chi connectivity index (χ0) is 18.8. The van der Waals surface area contributed by atoms with Gasteiger partial charge in [-0.3, -0.25) is 4.79 Å². The summed E-state index contributed by atoms with van der Waals surface area (Å²) in [4.78, 5) is 16.8. The second kappa shape index (κ2) is 7.20. The Bertz CT molecular complexity index is 1060. The maximum atomic E-state index is 11.6. The summed E-state index contributed by atoms with van der Waals surface area (Å²) in [6, 6.07) is 13.0. The molecule has 0 saturated carbocycles. The summed E-state index contributed by atoms with van der Waals surface area (Å²) >= 11 is 1.41. The van der Waals surface area contributed by atoms with Crippen LogP contribution in [0.5, 0.6) is 5.75 Å². The molecule has 1 aromatic carbocycles. The highest BCUT2D eigenvalue weighted by molar-refractivity contribution is 7.17. The molecule has 0 radical (unpaired) electrons. The van der Waals surface area contributed by atoms with Gasteiger partial charge in [0, 0.05) is 18.6 Å². The number of aromatic nitrogens is 2. The van der Waals surface area contributed by atoms with Crippen LogP contribution in [0.4, 0.5) is 0 Å². The summed E-state index contributed by atoms with van der Waals surface area (Å²) in [7, 11) is 0. The van der Waals surface area contributed by atoms with Crippen molar-refractivity contribution >= 4 is 17.1 Å². The molecule has 3 heterocycles. The van der Waals surface area contributed by atoms with E-state index in [1.54, 1.807) is 25.3 Å². The molecular formula is C20H16N2O4S. The van der Waals surface area contributed by atoms with Crippen molar-refractivity contribution in [1.82, 2.24) is 10.1 Å². The van der Waals surface area contributed by atoms with Gasteiger partial charge < -0.3 is 13.7 Å². The predicted molar refractivity (Wildman–Crippen MR) is 101 cm³/mol. The Balaban J connectivity index is 1.42. The molecule has 0 saturated heterocycles. The lowest BCUT2D eigenvalue weighted by molar-refractivity contribution is 0.102. The minimum Gasteiger partial charge on any atom is -0.487 e. The fourth-order valence-corrected chi connectivity index (χ4v) is 3.58. The van der Waals surface area contributed by atoms with Crippen LogP contribution in [0.1, 0.15) is 28.0 Å². The number of ether oxygens (including phenoxy) is 1. The van der Waals surface area contributed by atoms with Crippen molar-refractivity contribution in [3.05, 3.63) is 65.0 Å².